The highest BCUT2D eigenvalue weighted by atomic mass is 16.5. The first-order valence-corrected chi connectivity index (χ1v) is 10.0. The first-order valence-electron chi connectivity index (χ1n) is 10.0. The van der Waals surface area contributed by atoms with Gasteiger partial charge in [0.1, 0.15) is 0 Å². The fourth-order valence-electron chi connectivity index (χ4n) is 3.55. The molecule has 3 amide bonds. The molecule has 1 heterocycles. The van der Waals surface area contributed by atoms with Crippen LogP contribution in [0, 0.1) is 0 Å². The van der Waals surface area contributed by atoms with Crippen LogP contribution >= 0.6 is 0 Å². The standard InChI is InChI=1S/C21H24N4O4/c26-19(23-21(28)22-15-6-4-5-7-15)13-29-20(27)18-12-17(14-10-11-14)24-25(18)16-8-2-1-3-9-16/h1-3,8-9,12,14-15H,4-7,10-11,13H2,(H2,22,23,26,28). The smallest absolute Gasteiger partial charge is 0.357 e. The number of rotatable bonds is 6. The zero-order valence-electron chi connectivity index (χ0n) is 16.1. The molecule has 1 aromatic heterocycles. The number of amides is 3. The van der Waals surface area contributed by atoms with Crippen molar-refractivity contribution >= 4 is 17.9 Å². The molecule has 4 rings (SSSR count). The molecule has 0 saturated heterocycles. The number of para-hydroxylation sites is 1. The van der Waals surface area contributed by atoms with Crippen LogP contribution in [-0.2, 0) is 9.53 Å². The molecule has 0 atom stereocenters. The number of esters is 1. The minimum Gasteiger partial charge on any atom is -0.451 e. The minimum absolute atomic E-state index is 0.103. The predicted octanol–water partition coefficient (Wildman–Crippen LogP) is 2.67. The average molecular weight is 396 g/mol. The van der Waals surface area contributed by atoms with E-state index in [1.165, 1.54) is 0 Å². The van der Waals surface area contributed by atoms with E-state index in [4.69, 9.17) is 4.74 Å². The lowest BCUT2D eigenvalue weighted by Gasteiger charge is -2.12. The molecule has 0 bridgehead atoms. The number of imide groups is 1. The number of carbonyl (C=O) groups excluding carboxylic acids is 3. The van der Waals surface area contributed by atoms with Crippen LogP contribution in [-0.4, -0.2) is 40.3 Å². The van der Waals surface area contributed by atoms with Crippen LogP contribution in [0.2, 0.25) is 0 Å². The summed E-state index contributed by atoms with van der Waals surface area (Å²) in [5, 5.41) is 9.51. The molecule has 2 fully saturated rings. The summed E-state index contributed by atoms with van der Waals surface area (Å²) >= 11 is 0. The number of hydrogen-bond acceptors (Lipinski definition) is 5. The van der Waals surface area contributed by atoms with E-state index in [9.17, 15) is 14.4 Å². The highest BCUT2D eigenvalue weighted by Crippen LogP contribution is 2.39. The summed E-state index contributed by atoms with van der Waals surface area (Å²) in [6.45, 7) is -0.532. The molecule has 2 N–H and O–H groups in total. The summed E-state index contributed by atoms with van der Waals surface area (Å²) in [4.78, 5) is 36.4. The summed E-state index contributed by atoms with van der Waals surface area (Å²) < 4.78 is 6.69. The zero-order valence-corrected chi connectivity index (χ0v) is 16.1. The largest absolute Gasteiger partial charge is 0.451 e. The SMILES string of the molecule is O=C(COC(=O)c1cc(C2CC2)nn1-c1ccccc1)NC(=O)NC1CCCC1. The highest BCUT2D eigenvalue weighted by Gasteiger charge is 2.29. The molecule has 2 saturated carbocycles. The topological polar surface area (TPSA) is 102 Å². The van der Waals surface area contributed by atoms with Crippen molar-refractivity contribution < 1.29 is 19.1 Å². The van der Waals surface area contributed by atoms with E-state index in [1.54, 1.807) is 10.7 Å². The van der Waals surface area contributed by atoms with Crippen LogP contribution < -0.4 is 10.6 Å². The van der Waals surface area contributed by atoms with Crippen molar-refractivity contribution in [3.05, 3.63) is 47.8 Å². The quantitative estimate of drug-likeness (QED) is 0.731. The van der Waals surface area contributed by atoms with Gasteiger partial charge >= 0.3 is 12.0 Å². The maximum absolute atomic E-state index is 12.6. The number of hydrogen-bond donors (Lipinski definition) is 2. The Kier molecular flexibility index (Phi) is 5.59. The van der Waals surface area contributed by atoms with Gasteiger partial charge in [0.2, 0.25) is 0 Å². The monoisotopic (exact) mass is 396 g/mol. The number of aromatic nitrogens is 2. The van der Waals surface area contributed by atoms with Crippen molar-refractivity contribution in [3.63, 3.8) is 0 Å². The van der Waals surface area contributed by atoms with Crippen molar-refractivity contribution in [2.24, 2.45) is 0 Å². The normalized spacial score (nSPS) is 16.4. The van der Waals surface area contributed by atoms with Crippen LogP contribution in [0.1, 0.15) is 60.6 Å². The number of benzene rings is 1. The Bertz CT molecular complexity index is 899. The summed E-state index contributed by atoms with van der Waals surface area (Å²) in [5.74, 6) is -0.948. The lowest BCUT2D eigenvalue weighted by Crippen LogP contribution is -2.45. The summed E-state index contributed by atoms with van der Waals surface area (Å²) in [5.41, 5.74) is 1.86. The highest BCUT2D eigenvalue weighted by molar-refractivity contribution is 5.96. The van der Waals surface area contributed by atoms with Crippen molar-refractivity contribution in [2.75, 3.05) is 6.61 Å². The van der Waals surface area contributed by atoms with Gasteiger partial charge in [0.05, 0.1) is 11.4 Å². The Morgan fingerprint density at radius 2 is 1.79 bits per heavy atom. The second-order valence-electron chi connectivity index (χ2n) is 7.56. The predicted molar refractivity (Wildman–Crippen MR) is 105 cm³/mol. The summed E-state index contributed by atoms with van der Waals surface area (Å²) in [6.07, 6.45) is 6.10. The Hall–Kier alpha value is -3.16. The molecule has 2 aliphatic rings. The van der Waals surface area contributed by atoms with Crippen LogP contribution in [0.25, 0.3) is 5.69 Å². The third-order valence-corrected chi connectivity index (χ3v) is 5.21. The van der Waals surface area contributed by atoms with Crippen LogP contribution in [0.5, 0.6) is 0 Å². The number of urea groups is 1. The Morgan fingerprint density at radius 1 is 1.07 bits per heavy atom. The van der Waals surface area contributed by atoms with Gasteiger partial charge in [0, 0.05) is 12.0 Å². The van der Waals surface area contributed by atoms with Crippen molar-refractivity contribution in [3.8, 4) is 5.69 Å². The van der Waals surface area contributed by atoms with E-state index in [0.717, 1.165) is 49.9 Å². The summed E-state index contributed by atoms with van der Waals surface area (Å²) in [6, 6.07) is 10.6. The van der Waals surface area contributed by atoms with Crippen molar-refractivity contribution in [2.45, 2.75) is 50.5 Å². The average Bonchev–Trinajstić information content (AvgIpc) is 3.26. The molecule has 0 radical (unpaired) electrons. The van der Waals surface area contributed by atoms with Crippen LogP contribution in [0.15, 0.2) is 36.4 Å². The second kappa shape index (κ2) is 8.46. The first kappa shape index (κ1) is 19.2. The number of ether oxygens (including phenoxy) is 1. The molecular weight excluding hydrogens is 372 g/mol. The molecule has 1 aromatic carbocycles. The maximum atomic E-state index is 12.6. The van der Waals surface area contributed by atoms with E-state index in [1.807, 2.05) is 30.3 Å². The molecular formula is C21H24N4O4. The molecule has 0 aliphatic heterocycles. The van der Waals surface area contributed by atoms with E-state index >= 15 is 0 Å². The van der Waals surface area contributed by atoms with Gasteiger partial charge in [-0.25, -0.2) is 14.3 Å². The Morgan fingerprint density at radius 3 is 2.48 bits per heavy atom. The maximum Gasteiger partial charge on any atom is 0.357 e. The lowest BCUT2D eigenvalue weighted by molar-refractivity contribution is -0.123. The molecule has 0 spiro atoms. The van der Waals surface area contributed by atoms with E-state index in [-0.39, 0.29) is 11.7 Å². The van der Waals surface area contributed by atoms with E-state index in [2.05, 4.69) is 15.7 Å². The summed E-state index contributed by atoms with van der Waals surface area (Å²) in [7, 11) is 0. The zero-order chi connectivity index (χ0) is 20.2. The second-order valence-corrected chi connectivity index (χ2v) is 7.56. The fourth-order valence-corrected chi connectivity index (χ4v) is 3.55. The van der Waals surface area contributed by atoms with Crippen molar-refractivity contribution in [1.82, 2.24) is 20.4 Å². The van der Waals surface area contributed by atoms with Gasteiger partial charge in [-0.05, 0) is 43.9 Å². The number of carbonyl (C=O) groups is 3. The van der Waals surface area contributed by atoms with Gasteiger partial charge in [0.25, 0.3) is 5.91 Å². The van der Waals surface area contributed by atoms with Crippen molar-refractivity contribution in [1.29, 1.82) is 0 Å². The van der Waals surface area contributed by atoms with Gasteiger partial charge in [-0.2, -0.15) is 5.10 Å². The molecule has 152 valence electrons. The Balaban J connectivity index is 1.36. The Labute approximate surface area is 168 Å². The number of nitrogens with zero attached hydrogens (tertiary/aromatic N) is 2. The van der Waals surface area contributed by atoms with Crippen LogP contribution in [0.3, 0.4) is 0 Å². The number of nitrogens with one attached hydrogen (secondary N) is 2. The van der Waals surface area contributed by atoms with Crippen LogP contribution in [0.4, 0.5) is 4.79 Å². The molecule has 2 aliphatic carbocycles. The van der Waals surface area contributed by atoms with Gasteiger partial charge in [-0.3, -0.25) is 10.1 Å². The first-order chi connectivity index (χ1) is 14.1. The molecule has 0 unspecified atom stereocenters. The molecule has 8 nitrogen and oxygen atoms in total. The van der Waals surface area contributed by atoms with Gasteiger partial charge in [-0.1, -0.05) is 31.0 Å². The van der Waals surface area contributed by atoms with Gasteiger partial charge < -0.3 is 10.1 Å². The molecule has 29 heavy (non-hydrogen) atoms. The van der Waals surface area contributed by atoms with E-state index < -0.39 is 24.5 Å². The third-order valence-electron chi connectivity index (χ3n) is 5.21. The molecule has 2 aromatic rings. The fraction of sp³-hybridized carbons (Fsp3) is 0.429. The van der Waals surface area contributed by atoms with Gasteiger partial charge in [0.15, 0.2) is 12.3 Å². The minimum atomic E-state index is -0.665. The van der Waals surface area contributed by atoms with Gasteiger partial charge in [-0.15, -0.1) is 0 Å². The van der Waals surface area contributed by atoms with E-state index in [0.29, 0.717) is 5.92 Å². The third kappa shape index (κ3) is 4.82. The lowest BCUT2D eigenvalue weighted by atomic mass is 10.2. The molecule has 8 heteroatoms.